The third-order valence-corrected chi connectivity index (χ3v) is 4.98. The lowest BCUT2D eigenvalue weighted by atomic mass is 10.0. The summed E-state index contributed by atoms with van der Waals surface area (Å²) in [4.78, 5) is 17.1. The van der Waals surface area contributed by atoms with E-state index in [0.717, 1.165) is 27.6 Å². The van der Waals surface area contributed by atoms with Gasteiger partial charge in [-0.25, -0.2) is 14.3 Å². The van der Waals surface area contributed by atoms with Crippen LogP contribution in [0.25, 0.3) is 27.7 Å². The molecule has 154 valence electrons. The monoisotopic (exact) mass is 414 g/mol. The van der Waals surface area contributed by atoms with Crippen LogP contribution in [0.4, 0.5) is 0 Å². The minimum atomic E-state index is -0.557. The Hall–Kier alpha value is -4.27. The molecule has 5 aromatic rings. The first-order chi connectivity index (χ1) is 15.2. The Bertz CT molecular complexity index is 1410. The molecule has 3 aromatic heterocycles. The lowest BCUT2D eigenvalue weighted by Gasteiger charge is -2.15. The minimum Gasteiger partial charge on any atom is -0.486 e. The summed E-state index contributed by atoms with van der Waals surface area (Å²) in [5.74, 6) is -0.173. The molecule has 0 unspecified atom stereocenters. The molecule has 0 saturated heterocycles. The van der Waals surface area contributed by atoms with Crippen LogP contribution in [0, 0.1) is 0 Å². The predicted molar refractivity (Wildman–Crippen MR) is 113 cm³/mol. The molecule has 0 aliphatic rings. The Labute approximate surface area is 176 Å². The molecule has 0 amide bonds. The highest BCUT2D eigenvalue weighted by Crippen LogP contribution is 2.35. The number of hydrogen-bond acceptors (Lipinski definition) is 7. The van der Waals surface area contributed by atoms with Gasteiger partial charge in [0.1, 0.15) is 18.6 Å². The van der Waals surface area contributed by atoms with E-state index in [1.165, 1.54) is 18.0 Å². The molecule has 9 heteroatoms. The van der Waals surface area contributed by atoms with Crippen molar-refractivity contribution < 1.29 is 14.3 Å². The standard InChI is InChI=1S/C22H18N6O3/c1-27-11-18(25-26-27)15-8-9-16-17(10-15)21-23-13-24-28(21)19(22(29)30-2)20(16)31-12-14-6-4-3-5-7-14/h3-11,13H,12H2,1-2H3. The van der Waals surface area contributed by atoms with Crippen LogP contribution >= 0.6 is 0 Å². The highest BCUT2D eigenvalue weighted by atomic mass is 16.5. The van der Waals surface area contributed by atoms with Crippen molar-refractivity contribution in [1.82, 2.24) is 29.6 Å². The van der Waals surface area contributed by atoms with E-state index in [-0.39, 0.29) is 12.3 Å². The number of hydrogen-bond donors (Lipinski definition) is 0. The number of nitrogens with zero attached hydrogens (tertiary/aromatic N) is 6. The van der Waals surface area contributed by atoms with Crippen LogP contribution < -0.4 is 4.74 Å². The normalized spacial score (nSPS) is 11.2. The van der Waals surface area contributed by atoms with E-state index in [4.69, 9.17) is 9.47 Å². The average Bonchev–Trinajstić information content (AvgIpc) is 3.46. The van der Waals surface area contributed by atoms with E-state index in [0.29, 0.717) is 11.4 Å². The summed E-state index contributed by atoms with van der Waals surface area (Å²) in [5.41, 5.74) is 3.27. The summed E-state index contributed by atoms with van der Waals surface area (Å²) in [7, 11) is 3.14. The first-order valence-corrected chi connectivity index (χ1v) is 9.57. The molecule has 9 nitrogen and oxygen atoms in total. The van der Waals surface area contributed by atoms with Gasteiger partial charge in [0.15, 0.2) is 17.1 Å². The lowest BCUT2D eigenvalue weighted by Crippen LogP contribution is -2.13. The summed E-state index contributed by atoms with van der Waals surface area (Å²) in [6.45, 7) is 0.284. The van der Waals surface area contributed by atoms with Gasteiger partial charge in [-0.3, -0.25) is 4.68 Å². The molecule has 0 spiro atoms. The summed E-state index contributed by atoms with van der Waals surface area (Å²) in [6.07, 6.45) is 3.23. The third-order valence-electron chi connectivity index (χ3n) is 4.98. The van der Waals surface area contributed by atoms with Crippen LogP contribution in [0.3, 0.4) is 0 Å². The number of carbonyl (C=O) groups excluding carboxylic acids is 1. The van der Waals surface area contributed by atoms with Crippen LogP contribution in [0.1, 0.15) is 16.1 Å². The second-order valence-corrected chi connectivity index (χ2v) is 6.98. The number of rotatable bonds is 5. The number of fused-ring (bicyclic) bond motifs is 3. The highest BCUT2D eigenvalue weighted by Gasteiger charge is 2.24. The molecule has 3 heterocycles. The maximum atomic E-state index is 12.7. The zero-order valence-corrected chi connectivity index (χ0v) is 16.9. The Morgan fingerprint density at radius 3 is 2.68 bits per heavy atom. The molecular formula is C22H18N6O3. The molecule has 31 heavy (non-hydrogen) atoms. The number of benzene rings is 2. The van der Waals surface area contributed by atoms with Gasteiger partial charge in [0.25, 0.3) is 0 Å². The first kappa shape index (κ1) is 18.7. The molecule has 0 atom stereocenters. The SMILES string of the molecule is COC(=O)c1c(OCc2ccccc2)c2ccc(-c3cn(C)nn3)cc2c2ncnn12. The van der Waals surface area contributed by atoms with Crippen LogP contribution in [0.5, 0.6) is 5.75 Å². The Kier molecular flexibility index (Phi) is 4.55. The molecule has 0 N–H and O–H groups in total. The second kappa shape index (κ2) is 7.52. The van der Waals surface area contributed by atoms with Gasteiger partial charge >= 0.3 is 5.97 Å². The molecule has 0 radical (unpaired) electrons. The van der Waals surface area contributed by atoms with Gasteiger partial charge in [-0.2, -0.15) is 5.10 Å². The number of aromatic nitrogens is 6. The topological polar surface area (TPSA) is 96.4 Å². The van der Waals surface area contributed by atoms with Crippen molar-refractivity contribution in [3.8, 4) is 17.0 Å². The summed E-state index contributed by atoms with van der Waals surface area (Å²) < 4.78 is 14.3. The fourth-order valence-electron chi connectivity index (χ4n) is 3.53. The molecule has 0 aliphatic heterocycles. The van der Waals surface area contributed by atoms with Crippen LogP contribution in [-0.4, -0.2) is 42.7 Å². The van der Waals surface area contributed by atoms with E-state index < -0.39 is 5.97 Å². The maximum absolute atomic E-state index is 12.7. The number of carbonyl (C=O) groups is 1. The van der Waals surface area contributed by atoms with Crippen molar-refractivity contribution in [3.05, 3.63) is 72.3 Å². The van der Waals surface area contributed by atoms with E-state index in [9.17, 15) is 4.79 Å². The quantitative estimate of drug-likeness (QED) is 0.408. The van der Waals surface area contributed by atoms with E-state index in [1.807, 2.05) is 61.8 Å². The molecule has 0 bridgehead atoms. The number of pyridine rings is 1. The molecule has 0 aliphatic carbocycles. The van der Waals surface area contributed by atoms with Crippen molar-refractivity contribution in [3.63, 3.8) is 0 Å². The van der Waals surface area contributed by atoms with Gasteiger partial charge in [0.2, 0.25) is 0 Å². The first-order valence-electron chi connectivity index (χ1n) is 9.57. The Morgan fingerprint density at radius 1 is 1.10 bits per heavy atom. The maximum Gasteiger partial charge on any atom is 0.360 e. The van der Waals surface area contributed by atoms with Gasteiger partial charge in [0, 0.05) is 23.4 Å². The van der Waals surface area contributed by atoms with Crippen molar-refractivity contribution in [1.29, 1.82) is 0 Å². The molecule has 2 aromatic carbocycles. The van der Waals surface area contributed by atoms with Gasteiger partial charge in [-0.1, -0.05) is 41.6 Å². The molecule has 0 saturated carbocycles. The van der Waals surface area contributed by atoms with Crippen molar-refractivity contribution in [2.45, 2.75) is 6.61 Å². The number of methoxy groups -OCH3 is 1. The van der Waals surface area contributed by atoms with Crippen LogP contribution in [0.2, 0.25) is 0 Å². The van der Waals surface area contributed by atoms with Crippen molar-refractivity contribution in [2.75, 3.05) is 7.11 Å². The zero-order valence-electron chi connectivity index (χ0n) is 16.9. The smallest absolute Gasteiger partial charge is 0.360 e. The van der Waals surface area contributed by atoms with Crippen LogP contribution in [0.15, 0.2) is 61.1 Å². The lowest BCUT2D eigenvalue weighted by molar-refractivity contribution is 0.0585. The minimum absolute atomic E-state index is 0.186. The van der Waals surface area contributed by atoms with E-state index >= 15 is 0 Å². The van der Waals surface area contributed by atoms with Gasteiger partial charge < -0.3 is 9.47 Å². The van der Waals surface area contributed by atoms with Crippen LogP contribution in [-0.2, 0) is 18.4 Å². The molecule has 0 fully saturated rings. The average molecular weight is 414 g/mol. The largest absolute Gasteiger partial charge is 0.486 e. The van der Waals surface area contributed by atoms with Crippen molar-refractivity contribution in [2.24, 2.45) is 7.05 Å². The third kappa shape index (κ3) is 3.25. The van der Waals surface area contributed by atoms with Gasteiger partial charge in [-0.05, 0) is 17.7 Å². The van der Waals surface area contributed by atoms with Crippen molar-refractivity contribution >= 4 is 22.4 Å². The van der Waals surface area contributed by atoms with Gasteiger partial charge in [-0.15, -0.1) is 5.10 Å². The molecule has 5 rings (SSSR count). The number of aryl methyl sites for hydroxylation is 1. The summed E-state index contributed by atoms with van der Waals surface area (Å²) >= 11 is 0. The Morgan fingerprint density at radius 2 is 1.94 bits per heavy atom. The predicted octanol–water partition coefficient (Wildman–Crippen LogP) is 3.04. The second-order valence-electron chi connectivity index (χ2n) is 6.98. The highest BCUT2D eigenvalue weighted by molar-refractivity contribution is 6.06. The summed E-state index contributed by atoms with van der Waals surface area (Å²) in [5, 5.41) is 13.9. The Balaban J connectivity index is 1.73. The zero-order chi connectivity index (χ0) is 21.4. The fraction of sp³-hybridized carbons (Fsp3) is 0.136. The molecular weight excluding hydrogens is 396 g/mol. The number of esters is 1. The van der Waals surface area contributed by atoms with E-state index in [1.54, 1.807) is 4.68 Å². The fourth-order valence-corrected chi connectivity index (χ4v) is 3.53. The van der Waals surface area contributed by atoms with E-state index in [2.05, 4.69) is 20.4 Å². The number of ether oxygens (including phenoxy) is 2. The summed E-state index contributed by atoms with van der Waals surface area (Å²) in [6, 6.07) is 15.5. The van der Waals surface area contributed by atoms with Gasteiger partial charge in [0.05, 0.1) is 13.3 Å².